The zero-order chi connectivity index (χ0) is 18.0. The number of β-amino-alcohol motifs (C(OH)–C–C–N with tert-alkyl or cyclic N) is 1. The maximum atomic E-state index is 12.8. The predicted molar refractivity (Wildman–Crippen MR) is 94.4 cm³/mol. The number of hydrogen-bond acceptors (Lipinski definition) is 5. The number of aromatic nitrogens is 1. The molecule has 0 unspecified atom stereocenters. The van der Waals surface area contributed by atoms with Crippen LogP contribution in [0.4, 0.5) is 5.82 Å². The van der Waals surface area contributed by atoms with Gasteiger partial charge in [0.15, 0.2) is 0 Å². The Balaban J connectivity index is 1.71. The molecule has 2 aliphatic rings. The smallest absolute Gasteiger partial charge is 0.255 e. The summed E-state index contributed by atoms with van der Waals surface area (Å²) in [6.45, 7) is 2.11. The summed E-state index contributed by atoms with van der Waals surface area (Å²) in [7, 11) is 3.81. The molecule has 0 saturated carbocycles. The Bertz CT molecular complexity index is 644. The summed E-state index contributed by atoms with van der Waals surface area (Å²) in [5, 5.41) is 9.15. The Morgan fingerprint density at radius 1 is 1.32 bits per heavy atom. The second-order valence-electron chi connectivity index (χ2n) is 7.18. The molecule has 3 heterocycles. The molecule has 2 aliphatic heterocycles. The molecular weight excluding hydrogens is 320 g/mol. The highest BCUT2D eigenvalue weighted by molar-refractivity contribution is 5.95. The van der Waals surface area contributed by atoms with E-state index >= 15 is 0 Å². The summed E-state index contributed by atoms with van der Waals surface area (Å²) in [6, 6.07) is 3.62. The van der Waals surface area contributed by atoms with Gasteiger partial charge in [0.25, 0.3) is 5.91 Å². The number of carbonyl (C=O) groups excluding carboxylic acids is 2. The van der Waals surface area contributed by atoms with Crippen molar-refractivity contribution < 1.29 is 14.7 Å². The molecular formula is C18H26N4O3. The normalized spacial score (nSPS) is 23.4. The first-order valence-electron chi connectivity index (χ1n) is 8.80. The minimum Gasteiger partial charge on any atom is -0.395 e. The maximum Gasteiger partial charge on any atom is 0.255 e. The standard InChI is InChI=1S/C18H26N4O3/c1-20(2)15-5-4-14(12-19-15)16(24)22-9-7-18(13-22)6-3-8-21(10-11-23)17(18)25/h4-5,12,23H,3,6-11,13H2,1-2H3/t18-/m0/s1. The molecule has 1 N–H and O–H groups in total. The molecule has 7 nitrogen and oxygen atoms in total. The Morgan fingerprint density at radius 3 is 2.76 bits per heavy atom. The Kier molecular flexibility index (Phi) is 4.94. The van der Waals surface area contributed by atoms with Crippen LogP contribution in [0.1, 0.15) is 29.6 Å². The van der Waals surface area contributed by atoms with E-state index in [0.29, 0.717) is 38.2 Å². The van der Waals surface area contributed by atoms with Gasteiger partial charge in [0, 0.05) is 46.5 Å². The largest absolute Gasteiger partial charge is 0.395 e. The van der Waals surface area contributed by atoms with Gasteiger partial charge in [0.05, 0.1) is 17.6 Å². The number of aliphatic hydroxyl groups excluding tert-OH is 1. The van der Waals surface area contributed by atoms with Crippen LogP contribution in [0.25, 0.3) is 0 Å². The number of rotatable bonds is 4. The van der Waals surface area contributed by atoms with Crippen LogP contribution < -0.4 is 4.90 Å². The molecule has 1 aromatic rings. The van der Waals surface area contributed by atoms with Gasteiger partial charge in [-0.3, -0.25) is 9.59 Å². The third-order valence-electron chi connectivity index (χ3n) is 5.29. The summed E-state index contributed by atoms with van der Waals surface area (Å²) < 4.78 is 0. The number of hydrogen-bond donors (Lipinski definition) is 1. The first kappa shape index (κ1) is 17.7. The van der Waals surface area contributed by atoms with E-state index in [1.807, 2.05) is 25.1 Å². The van der Waals surface area contributed by atoms with Gasteiger partial charge in [-0.05, 0) is 31.4 Å². The van der Waals surface area contributed by atoms with Crippen LogP contribution in [0.3, 0.4) is 0 Å². The molecule has 0 aliphatic carbocycles. The number of amides is 2. The van der Waals surface area contributed by atoms with Crippen LogP contribution in [0.5, 0.6) is 0 Å². The van der Waals surface area contributed by atoms with E-state index in [1.165, 1.54) is 0 Å². The van der Waals surface area contributed by atoms with Crippen molar-refractivity contribution in [1.29, 1.82) is 0 Å². The number of piperidine rings is 1. The fourth-order valence-electron chi connectivity index (χ4n) is 3.87. The molecule has 136 valence electrons. The number of aliphatic hydroxyl groups is 1. The molecule has 0 bridgehead atoms. The fourth-order valence-corrected chi connectivity index (χ4v) is 3.87. The lowest BCUT2D eigenvalue weighted by Crippen LogP contribution is -2.51. The van der Waals surface area contributed by atoms with Gasteiger partial charge in [-0.25, -0.2) is 4.98 Å². The summed E-state index contributed by atoms with van der Waals surface area (Å²) in [5.74, 6) is 0.822. The van der Waals surface area contributed by atoms with E-state index < -0.39 is 5.41 Å². The molecule has 2 fully saturated rings. The molecule has 1 atom stereocenters. The van der Waals surface area contributed by atoms with E-state index in [1.54, 1.807) is 22.1 Å². The first-order chi connectivity index (χ1) is 12.0. The highest BCUT2D eigenvalue weighted by Crippen LogP contribution is 2.40. The van der Waals surface area contributed by atoms with E-state index in [0.717, 1.165) is 18.7 Å². The number of likely N-dealkylation sites (tertiary alicyclic amines) is 2. The second-order valence-corrected chi connectivity index (χ2v) is 7.18. The highest BCUT2D eigenvalue weighted by atomic mass is 16.3. The average molecular weight is 346 g/mol. The summed E-state index contributed by atoms with van der Waals surface area (Å²) >= 11 is 0. The van der Waals surface area contributed by atoms with Gasteiger partial charge in [-0.15, -0.1) is 0 Å². The van der Waals surface area contributed by atoms with E-state index in [-0.39, 0.29) is 18.4 Å². The third kappa shape index (κ3) is 3.33. The summed E-state index contributed by atoms with van der Waals surface area (Å²) in [4.78, 5) is 35.3. The molecule has 7 heteroatoms. The zero-order valence-electron chi connectivity index (χ0n) is 14.9. The molecule has 25 heavy (non-hydrogen) atoms. The van der Waals surface area contributed by atoms with Crippen LogP contribution in [0.15, 0.2) is 18.3 Å². The minimum atomic E-state index is -0.472. The van der Waals surface area contributed by atoms with Crippen LogP contribution in [0, 0.1) is 5.41 Å². The third-order valence-corrected chi connectivity index (χ3v) is 5.29. The van der Waals surface area contributed by atoms with Crippen molar-refractivity contribution in [3.8, 4) is 0 Å². The Morgan fingerprint density at radius 2 is 2.12 bits per heavy atom. The van der Waals surface area contributed by atoms with Crippen LogP contribution in [-0.2, 0) is 4.79 Å². The predicted octanol–water partition coefficient (Wildman–Crippen LogP) is 0.595. The monoisotopic (exact) mass is 346 g/mol. The van der Waals surface area contributed by atoms with Crippen molar-refractivity contribution in [3.05, 3.63) is 23.9 Å². The number of pyridine rings is 1. The van der Waals surface area contributed by atoms with Crippen LogP contribution in [-0.4, -0.2) is 78.6 Å². The van der Waals surface area contributed by atoms with Crippen molar-refractivity contribution in [2.24, 2.45) is 5.41 Å². The van der Waals surface area contributed by atoms with E-state index in [9.17, 15) is 9.59 Å². The molecule has 1 spiro atoms. The lowest BCUT2D eigenvalue weighted by Gasteiger charge is -2.39. The lowest BCUT2D eigenvalue weighted by atomic mass is 9.78. The van der Waals surface area contributed by atoms with E-state index in [2.05, 4.69) is 4.98 Å². The number of carbonyl (C=O) groups is 2. The topological polar surface area (TPSA) is 77.0 Å². The number of nitrogens with zero attached hydrogens (tertiary/aromatic N) is 4. The van der Waals surface area contributed by atoms with E-state index in [4.69, 9.17) is 5.11 Å². The van der Waals surface area contributed by atoms with Gasteiger partial charge in [0.1, 0.15) is 5.82 Å². The van der Waals surface area contributed by atoms with Crippen molar-refractivity contribution in [1.82, 2.24) is 14.8 Å². The van der Waals surface area contributed by atoms with Crippen LogP contribution in [0.2, 0.25) is 0 Å². The second kappa shape index (κ2) is 7.00. The molecule has 2 amide bonds. The van der Waals surface area contributed by atoms with Crippen molar-refractivity contribution in [2.75, 3.05) is 51.8 Å². The van der Waals surface area contributed by atoms with Gasteiger partial charge >= 0.3 is 0 Å². The zero-order valence-corrected chi connectivity index (χ0v) is 14.9. The molecule has 0 radical (unpaired) electrons. The SMILES string of the molecule is CN(C)c1ccc(C(=O)N2CC[C@@]3(CCCN(CCO)C3=O)C2)cn1. The van der Waals surface area contributed by atoms with Crippen LogP contribution >= 0.6 is 0 Å². The number of anilines is 1. The Hall–Kier alpha value is -2.15. The molecule has 3 rings (SSSR count). The van der Waals surface area contributed by atoms with Gasteiger partial charge in [-0.2, -0.15) is 0 Å². The lowest BCUT2D eigenvalue weighted by molar-refractivity contribution is -0.146. The van der Waals surface area contributed by atoms with Crippen molar-refractivity contribution in [2.45, 2.75) is 19.3 Å². The van der Waals surface area contributed by atoms with Gasteiger partial charge < -0.3 is 19.8 Å². The summed E-state index contributed by atoms with van der Waals surface area (Å²) in [5.41, 5.74) is 0.0817. The molecule has 0 aromatic carbocycles. The van der Waals surface area contributed by atoms with Crippen molar-refractivity contribution in [3.63, 3.8) is 0 Å². The van der Waals surface area contributed by atoms with Gasteiger partial charge in [0.2, 0.25) is 5.91 Å². The fraction of sp³-hybridized carbons (Fsp3) is 0.611. The quantitative estimate of drug-likeness (QED) is 0.864. The highest BCUT2D eigenvalue weighted by Gasteiger charge is 2.49. The average Bonchev–Trinajstić information content (AvgIpc) is 3.04. The maximum absolute atomic E-state index is 12.8. The minimum absolute atomic E-state index is 0.0195. The van der Waals surface area contributed by atoms with Gasteiger partial charge in [-0.1, -0.05) is 0 Å². The summed E-state index contributed by atoms with van der Waals surface area (Å²) in [6.07, 6.45) is 4.04. The molecule has 1 aromatic heterocycles. The first-order valence-corrected chi connectivity index (χ1v) is 8.80. The molecule has 2 saturated heterocycles. The Labute approximate surface area is 148 Å². The van der Waals surface area contributed by atoms with Crippen molar-refractivity contribution >= 4 is 17.6 Å².